The summed E-state index contributed by atoms with van der Waals surface area (Å²) in [6.45, 7) is 0. The lowest BCUT2D eigenvalue weighted by molar-refractivity contribution is -0.159. The van der Waals surface area contributed by atoms with Gasteiger partial charge in [-0.1, -0.05) is 33.9 Å². The van der Waals surface area contributed by atoms with Crippen LogP contribution in [0.3, 0.4) is 0 Å². The number of hydrogen-bond donors (Lipinski definition) is 0. The number of alkyl halides is 3. The highest BCUT2D eigenvalue weighted by Gasteiger charge is 2.38. The van der Waals surface area contributed by atoms with Crippen LogP contribution in [0, 0.1) is 0 Å². The van der Waals surface area contributed by atoms with Crippen molar-refractivity contribution in [1.82, 2.24) is 24.7 Å². The molecule has 1 aromatic carbocycles. The molecule has 11 heteroatoms. The minimum absolute atomic E-state index is 0.0737. The molecule has 0 atom stereocenters. The van der Waals surface area contributed by atoms with Crippen LogP contribution in [0.2, 0.25) is 0 Å². The summed E-state index contributed by atoms with van der Waals surface area (Å²) in [6, 6.07) is 7.94. The van der Waals surface area contributed by atoms with Crippen LogP contribution in [0.1, 0.15) is 21.9 Å². The third-order valence-electron chi connectivity index (χ3n) is 3.67. The van der Waals surface area contributed by atoms with Gasteiger partial charge in [0.1, 0.15) is 15.9 Å². The van der Waals surface area contributed by atoms with Gasteiger partial charge in [0.2, 0.25) is 5.82 Å². The number of Topliss-reactive ketones (excluding diaryl/α,β-unsaturated/α-hetero) is 1. The van der Waals surface area contributed by atoms with Crippen LogP contribution in [-0.4, -0.2) is 30.5 Å². The van der Waals surface area contributed by atoms with E-state index in [0.29, 0.717) is 27.0 Å². The summed E-state index contributed by atoms with van der Waals surface area (Å²) in [6.07, 6.45) is -3.13. The molecule has 27 heavy (non-hydrogen) atoms. The Morgan fingerprint density at radius 3 is 2.63 bits per heavy atom. The van der Waals surface area contributed by atoms with Crippen molar-refractivity contribution in [3.8, 4) is 11.4 Å². The maximum absolute atomic E-state index is 12.5. The van der Waals surface area contributed by atoms with Gasteiger partial charge in [0.05, 0.1) is 0 Å². The van der Waals surface area contributed by atoms with Gasteiger partial charge >= 0.3 is 12.1 Å². The van der Waals surface area contributed by atoms with Gasteiger partial charge in [-0.05, 0) is 23.2 Å². The topological polar surface area (TPSA) is 94.7 Å². The molecule has 4 rings (SSSR count). The van der Waals surface area contributed by atoms with Gasteiger partial charge in [0.15, 0.2) is 5.78 Å². The molecule has 0 N–H and O–H groups in total. The number of carbonyl (C=O) groups is 1. The van der Waals surface area contributed by atoms with Crippen LogP contribution in [-0.2, 0) is 12.6 Å². The first-order valence-electron chi connectivity index (χ1n) is 7.52. The zero-order valence-corrected chi connectivity index (χ0v) is 14.1. The van der Waals surface area contributed by atoms with Crippen molar-refractivity contribution < 1.29 is 22.5 Å². The number of pyridine rings is 1. The smallest absolute Gasteiger partial charge is 0.329 e. The van der Waals surface area contributed by atoms with Crippen LogP contribution in [0.4, 0.5) is 13.2 Å². The average molecular weight is 391 g/mol. The zero-order chi connectivity index (χ0) is 19.0. The Morgan fingerprint density at radius 1 is 1.15 bits per heavy atom. The number of ketones is 1. The maximum atomic E-state index is 12.5. The lowest BCUT2D eigenvalue weighted by Crippen LogP contribution is -2.06. The van der Waals surface area contributed by atoms with E-state index < -0.39 is 12.1 Å². The normalized spacial score (nSPS) is 11.8. The summed E-state index contributed by atoms with van der Waals surface area (Å²) < 4.78 is 46.2. The highest BCUT2D eigenvalue weighted by Crippen LogP contribution is 2.29. The fourth-order valence-electron chi connectivity index (χ4n) is 2.41. The molecule has 0 aliphatic carbocycles. The number of fused-ring (bicyclic) bond motifs is 1. The second-order valence-electron chi connectivity index (χ2n) is 5.50. The number of carbonyl (C=O) groups excluding carboxylic acids is 1. The molecule has 0 amide bonds. The Balaban J connectivity index is 1.53. The largest absolute Gasteiger partial charge is 0.471 e. The van der Waals surface area contributed by atoms with Crippen LogP contribution < -0.4 is 0 Å². The van der Waals surface area contributed by atoms with E-state index in [1.54, 1.807) is 18.2 Å². The minimum Gasteiger partial charge on any atom is -0.329 e. The van der Waals surface area contributed by atoms with Crippen molar-refractivity contribution in [2.75, 3.05) is 0 Å². The SMILES string of the molecule is O=C(Cc1ccc(-c2noc(C(F)(F)F)n2)cc1)c1nccc2nnsc12. The molecule has 136 valence electrons. The summed E-state index contributed by atoms with van der Waals surface area (Å²) in [4.78, 5) is 20.0. The zero-order valence-electron chi connectivity index (χ0n) is 13.3. The second-order valence-corrected chi connectivity index (χ2v) is 6.25. The van der Waals surface area contributed by atoms with Crippen molar-refractivity contribution in [1.29, 1.82) is 0 Å². The van der Waals surface area contributed by atoms with Crippen LogP contribution in [0.15, 0.2) is 41.1 Å². The summed E-state index contributed by atoms with van der Waals surface area (Å²) in [5.74, 6) is -1.80. The number of benzene rings is 1. The van der Waals surface area contributed by atoms with Gasteiger partial charge < -0.3 is 4.52 Å². The Hall–Kier alpha value is -3.21. The number of hydrogen-bond acceptors (Lipinski definition) is 8. The van der Waals surface area contributed by atoms with Gasteiger partial charge in [-0.2, -0.15) is 18.2 Å². The van der Waals surface area contributed by atoms with Gasteiger partial charge in [0.25, 0.3) is 0 Å². The fourth-order valence-corrected chi connectivity index (χ4v) is 3.07. The molecule has 0 unspecified atom stereocenters. The monoisotopic (exact) mass is 391 g/mol. The Labute approximate surface area is 153 Å². The van der Waals surface area contributed by atoms with E-state index in [1.165, 1.54) is 18.3 Å². The van der Waals surface area contributed by atoms with E-state index >= 15 is 0 Å². The van der Waals surface area contributed by atoms with Crippen LogP contribution in [0.5, 0.6) is 0 Å². The van der Waals surface area contributed by atoms with Gasteiger partial charge in [0, 0.05) is 18.2 Å². The Morgan fingerprint density at radius 2 is 1.93 bits per heavy atom. The molecule has 7 nitrogen and oxygen atoms in total. The van der Waals surface area contributed by atoms with Gasteiger partial charge in [-0.25, -0.2) is 0 Å². The molecule has 3 aromatic heterocycles. The van der Waals surface area contributed by atoms with Crippen LogP contribution >= 0.6 is 11.5 Å². The molecule has 0 radical (unpaired) electrons. The third kappa shape index (κ3) is 3.40. The predicted octanol–water partition coefficient (Wildman–Crippen LogP) is 3.58. The van der Waals surface area contributed by atoms with Crippen molar-refractivity contribution in [3.05, 3.63) is 53.7 Å². The van der Waals surface area contributed by atoms with Gasteiger partial charge in [-0.15, -0.1) is 5.10 Å². The average Bonchev–Trinajstić information content (AvgIpc) is 3.31. The highest BCUT2D eigenvalue weighted by molar-refractivity contribution is 7.13. The number of aromatic nitrogens is 5. The number of nitrogens with zero attached hydrogens (tertiary/aromatic N) is 5. The van der Waals surface area contributed by atoms with Crippen molar-refractivity contribution in [2.45, 2.75) is 12.6 Å². The summed E-state index contributed by atoms with van der Waals surface area (Å²) in [7, 11) is 0. The predicted molar refractivity (Wildman–Crippen MR) is 88.0 cm³/mol. The Kier molecular flexibility index (Phi) is 4.15. The first-order chi connectivity index (χ1) is 12.9. The number of rotatable bonds is 4. The first-order valence-corrected chi connectivity index (χ1v) is 8.29. The molecule has 0 saturated heterocycles. The van der Waals surface area contributed by atoms with E-state index in [-0.39, 0.29) is 18.0 Å². The molecule has 0 spiro atoms. The molecule has 0 saturated carbocycles. The summed E-state index contributed by atoms with van der Waals surface area (Å²) in [5, 5.41) is 7.23. The molecule has 0 fully saturated rings. The molecular formula is C16H8F3N5O2S. The fraction of sp³-hybridized carbons (Fsp3) is 0.125. The lowest BCUT2D eigenvalue weighted by atomic mass is 10.0. The molecule has 0 bridgehead atoms. The second kappa shape index (κ2) is 6.50. The molecule has 0 aliphatic heterocycles. The highest BCUT2D eigenvalue weighted by atomic mass is 32.1. The van der Waals surface area contributed by atoms with E-state index in [0.717, 1.165) is 11.5 Å². The minimum atomic E-state index is -4.70. The third-order valence-corrected chi connectivity index (χ3v) is 4.42. The molecule has 4 aromatic rings. The van der Waals surface area contributed by atoms with Gasteiger partial charge in [-0.3, -0.25) is 9.78 Å². The standard InChI is InChI=1S/C16H8F3N5O2S/c17-16(18,19)15-21-14(23-26-15)9-3-1-8(2-4-9)7-11(25)12-13-10(5-6-20-12)22-24-27-13/h1-6H,7H2. The van der Waals surface area contributed by atoms with Crippen LogP contribution in [0.25, 0.3) is 21.6 Å². The number of halogens is 3. The first kappa shape index (κ1) is 17.2. The maximum Gasteiger partial charge on any atom is 0.471 e. The van der Waals surface area contributed by atoms with E-state index in [9.17, 15) is 18.0 Å². The Bertz CT molecular complexity index is 1120. The van der Waals surface area contributed by atoms with E-state index in [1.807, 2.05) is 0 Å². The summed E-state index contributed by atoms with van der Waals surface area (Å²) in [5.41, 5.74) is 1.91. The van der Waals surface area contributed by atoms with E-state index in [4.69, 9.17) is 0 Å². The molecular weight excluding hydrogens is 383 g/mol. The molecule has 0 aliphatic rings. The van der Waals surface area contributed by atoms with Crippen molar-refractivity contribution in [3.63, 3.8) is 0 Å². The summed E-state index contributed by atoms with van der Waals surface area (Å²) >= 11 is 1.09. The van der Waals surface area contributed by atoms with E-state index in [2.05, 4.69) is 29.2 Å². The molecule has 3 heterocycles. The quantitative estimate of drug-likeness (QED) is 0.491. The van der Waals surface area contributed by atoms with Crippen molar-refractivity contribution >= 4 is 27.5 Å². The van der Waals surface area contributed by atoms with Crippen molar-refractivity contribution in [2.24, 2.45) is 0 Å². The lowest BCUT2D eigenvalue weighted by Gasteiger charge is -2.02.